The van der Waals surface area contributed by atoms with Gasteiger partial charge in [-0.05, 0) is 29.3 Å². The number of aryl methyl sites for hydroxylation is 3. The molecule has 90 valence electrons. The van der Waals surface area contributed by atoms with Crippen LogP contribution in [0.25, 0.3) is 11.4 Å². The van der Waals surface area contributed by atoms with E-state index in [0.29, 0.717) is 16.7 Å². The standard InChI is InChI=1S/C11H13BrN4O/c1-4-8-9(12)11(17)14-10(13-8)7-5-16(3)15-6(7)2/h5H,4H2,1-3H3,(H,13,14,17). The Balaban J connectivity index is 2.65. The van der Waals surface area contributed by atoms with E-state index in [0.717, 1.165) is 17.0 Å². The molecule has 0 bridgehead atoms. The van der Waals surface area contributed by atoms with E-state index in [2.05, 4.69) is 31.0 Å². The predicted octanol–water partition coefficient (Wildman–Crippen LogP) is 1.80. The first-order chi connectivity index (χ1) is 8.02. The fraction of sp³-hybridized carbons (Fsp3) is 0.364. The van der Waals surface area contributed by atoms with Crippen molar-refractivity contribution in [1.29, 1.82) is 0 Å². The molecule has 17 heavy (non-hydrogen) atoms. The minimum absolute atomic E-state index is 0.157. The number of rotatable bonds is 2. The highest BCUT2D eigenvalue weighted by atomic mass is 79.9. The molecule has 0 aliphatic carbocycles. The molecule has 0 fully saturated rings. The molecule has 0 saturated carbocycles. The van der Waals surface area contributed by atoms with E-state index in [9.17, 15) is 4.79 Å². The van der Waals surface area contributed by atoms with E-state index in [4.69, 9.17) is 0 Å². The summed E-state index contributed by atoms with van der Waals surface area (Å²) in [4.78, 5) is 18.9. The Morgan fingerprint density at radius 1 is 1.53 bits per heavy atom. The van der Waals surface area contributed by atoms with Gasteiger partial charge < -0.3 is 4.98 Å². The van der Waals surface area contributed by atoms with Crippen LogP contribution < -0.4 is 5.56 Å². The van der Waals surface area contributed by atoms with Crippen molar-refractivity contribution in [2.24, 2.45) is 7.05 Å². The van der Waals surface area contributed by atoms with E-state index >= 15 is 0 Å². The summed E-state index contributed by atoms with van der Waals surface area (Å²) in [6.07, 6.45) is 2.55. The largest absolute Gasteiger partial charge is 0.305 e. The molecule has 0 aliphatic rings. The zero-order valence-corrected chi connectivity index (χ0v) is 11.5. The van der Waals surface area contributed by atoms with Crippen LogP contribution in [0.2, 0.25) is 0 Å². The molecule has 0 atom stereocenters. The zero-order chi connectivity index (χ0) is 12.6. The fourth-order valence-corrected chi connectivity index (χ4v) is 2.17. The minimum atomic E-state index is -0.157. The molecule has 0 spiro atoms. The van der Waals surface area contributed by atoms with Gasteiger partial charge in [0.2, 0.25) is 0 Å². The van der Waals surface area contributed by atoms with Crippen molar-refractivity contribution in [1.82, 2.24) is 19.7 Å². The highest BCUT2D eigenvalue weighted by Crippen LogP contribution is 2.19. The molecular formula is C11H13BrN4O. The molecule has 6 heteroatoms. The molecule has 0 aliphatic heterocycles. The van der Waals surface area contributed by atoms with Gasteiger partial charge in [-0.1, -0.05) is 6.92 Å². The zero-order valence-electron chi connectivity index (χ0n) is 9.91. The summed E-state index contributed by atoms with van der Waals surface area (Å²) in [5.41, 5.74) is 2.30. The first-order valence-corrected chi connectivity index (χ1v) is 6.11. The summed E-state index contributed by atoms with van der Waals surface area (Å²) in [5, 5.41) is 4.24. The van der Waals surface area contributed by atoms with Crippen LogP contribution in [0, 0.1) is 6.92 Å². The average molecular weight is 297 g/mol. The van der Waals surface area contributed by atoms with Crippen molar-refractivity contribution < 1.29 is 0 Å². The van der Waals surface area contributed by atoms with Gasteiger partial charge in [0.05, 0.1) is 17.0 Å². The SMILES string of the molecule is CCc1nc(-c2cn(C)nc2C)[nH]c(=O)c1Br. The van der Waals surface area contributed by atoms with Gasteiger partial charge in [-0.25, -0.2) is 4.98 Å². The molecule has 0 unspecified atom stereocenters. The highest BCUT2D eigenvalue weighted by Gasteiger charge is 2.12. The average Bonchev–Trinajstić information content (AvgIpc) is 2.61. The van der Waals surface area contributed by atoms with Gasteiger partial charge in [-0.2, -0.15) is 5.10 Å². The molecule has 2 heterocycles. The number of aromatic nitrogens is 4. The molecule has 0 radical (unpaired) electrons. The summed E-state index contributed by atoms with van der Waals surface area (Å²) in [6, 6.07) is 0. The topological polar surface area (TPSA) is 63.6 Å². The highest BCUT2D eigenvalue weighted by molar-refractivity contribution is 9.10. The van der Waals surface area contributed by atoms with Gasteiger partial charge in [0.15, 0.2) is 0 Å². The number of hydrogen-bond donors (Lipinski definition) is 1. The molecule has 0 aromatic carbocycles. The van der Waals surface area contributed by atoms with Crippen LogP contribution >= 0.6 is 15.9 Å². The maximum atomic E-state index is 11.7. The van der Waals surface area contributed by atoms with Gasteiger partial charge >= 0.3 is 0 Å². The molecule has 0 amide bonds. The Morgan fingerprint density at radius 2 is 2.24 bits per heavy atom. The van der Waals surface area contributed by atoms with Crippen molar-refractivity contribution in [3.05, 3.63) is 32.4 Å². The van der Waals surface area contributed by atoms with Crippen molar-refractivity contribution in [3.8, 4) is 11.4 Å². The van der Waals surface area contributed by atoms with Crippen molar-refractivity contribution in [3.63, 3.8) is 0 Å². The first-order valence-electron chi connectivity index (χ1n) is 5.32. The van der Waals surface area contributed by atoms with Gasteiger partial charge in [-0.3, -0.25) is 9.48 Å². The van der Waals surface area contributed by atoms with E-state index in [1.807, 2.05) is 27.1 Å². The van der Waals surface area contributed by atoms with Crippen LogP contribution in [-0.2, 0) is 13.5 Å². The predicted molar refractivity (Wildman–Crippen MR) is 68.9 cm³/mol. The van der Waals surface area contributed by atoms with Crippen LogP contribution in [-0.4, -0.2) is 19.7 Å². The lowest BCUT2D eigenvalue weighted by Crippen LogP contribution is -2.13. The third-order valence-corrected chi connectivity index (χ3v) is 3.35. The van der Waals surface area contributed by atoms with Crippen molar-refractivity contribution >= 4 is 15.9 Å². The summed E-state index contributed by atoms with van der Waals surface area (Å²) < 4.78 is 2.21. The summed E-state index contributed by atoms with van der Waals surface area (Å²) in [7, 11) is 1.84. The van der Waals surface area contributed by atoms with Gasteiger partial charge in [0.1, 0.15) is 10.3 Å². The quantitative estimate of drug-likeness (QED) is 0.919. The van der Waals surface area contributed by atoms with Crippen LogP contribution in [0.1, 0.15) is 18.3 Å². The monoisotopic (exact) mass is 296 g/mol. The van der Waals surface area contributed by atoms with Crippen molar-refractivity contribution in [2.45, 2.75) is 20.3 Å². The van der Waals surface area contributed by atoms with Gasteiger partial charge in [0.25, 0.3) is 5.56 Å². The molecule has 2 rings (SSSR count). The Kier molecular flexibility index (Phi) is 3.15. The Labute approximate surface area is 107 Å². The number of hydrogen-bond acceptors (Lipinski definition) is 3. The van der Waals surface area contributed by atoms with Crippen LogP contribution in [0.4, 0.5) is 0 Å². The Bertz CT molecular complexity index is 614. The van der Waals surface area contributed by atoms with Crippen molar-refractivity contribution in [2.75, 3.05) is 0 Å². The van der Waals surface area contributed by atoms with Crippen LogP contribution in [0.15, 0.2) is 15.5 Å². The fourth-order valence-electron chi connectivity index (χ4n) is 1.70. The molecule has 2 aromatic heterocycles. The summed E-state index contributed by atoms with van der Waals surface area (Å²) in [5.74, 6) is 0.570. The lowest BCUT2D eigenvalue weighted by Gasteiger charge is -2.03. The summed E-state index contributed by atoms with van der Waals surface area (Å²) >= 11 is 3.24. The molecule has 5 nitrogen and oxygen atoms in total. The third kappa shape index (κ3) is 2.17. The van der Waals surface area contributed by atoms with E-state index < -0.39 is 0 Å². The minimum Gasteiger partial charge on any atom is -0.305 e. The van der Waals surface area contributed by atoms with E-state index in [1.165, 1.54) is 0 Å². The Hall–Kier alpha value is -1.43. The summed E-state index contributed by atoms with van der Waals surface area (Å²) in [6.45, 7) is 3.86. The smallest absolute Gasteiger partial charge is 0.265 e. The number of halogens is 1. The molecule has 0 saturated heterocycles. The maximum Gasteiger partial charge on any atom is 0.265 e. The Morgan fingerprint density at radius 3 is 2.76 bits per heavy atom. The van der Waals surface area contributed by atoms with E-state index in [-0.39, 0.29) is 5.56 Å². The normalized spacial score (nSPS) is 10.8. The lowest BCUT2D eigenvalue weighted by atomic mass is 10.2. The third-order valence-electron chi connectivity index (χ3n) is 2.53. The van der Waals surface area contributed by atoms with Gasteiger partial charge in [0, 0.05) is 13.2 Å². The second kappa shape index (κ2) is 4.44. The number of nitrogens with one attached hydrogen (secondary N) is 1. The lowest BCUT2D eigenvalue weighted by molar-refractivity contribution is 0.756. The second-order valence-electron chi connectivity index (χ2n) is 3.83. The molecular weight excluding hydrogens is 284 g/mol. The van der Waals surface area contributed by atoms with Crippen LogP contribution in [0.5, 0.6) is 0 Å². The maximum absolute atomic E-state index is 11.7. The van der Waals surface area contributed by atoms with Gasteiger partial charge in [-0.15, -0.1) is 0 Å². The molecule has 2 aromatic rings. The van der Waals surface area contributed by atoms with Crippen LogP contribution in [0.3, 0.4) is 0 Å². The second-order valence-corrected chi connectivity index (χ2v) is 4.62. The first kappa shape index (κ1) is 12.0. The number of H-pyrrole nitrogens is 1. The number of nitrogens with zero attached hydrogens (tertiary/aromatic N) is 3. The van der Waals surface area contributed by atoms with E-state index in [1.54, 1.807) is 4.68 Å². The number of aromatic amines is 1. The molecule has 1 N–H and O–H groups in total.